The van der Waals surface area contributed by atoms with Gasteiger partial charge in [0, 0.05) is 43.2 Å². The van der Waals surface area contributed by atoms with Crippen LogP contribution in [0.3, 0.4) is 0 Å². The molecule has 1 aromatic rings. The van der Waals surface area contributed by atoms with Gasteiger partial charge < -0.3 is 10.2 Å². The Balaban J connectivity index is 1.53. The fraction of sp³-hybridized carbons (Fsp3) is 0.550. The molecule has 0 saturated carbocycles. The van der Waals surface area contributed by atoms with Crippen LogP contribution in [0.25, 0.3) is 0 Å². The first-order chi connectivity index (χ1) is 14.3. The van der Waals surface area contributed by atoms with Crippen molar-refractivity contribution in [3.8, 4) is 0 Å². The predicted molar refractivity (Wildman–Crippen MR) is 115 cm³/mol. The van der Waals surface area contributed by atoms with Crippen molar-refractivity contribution in [2.24, 2.45) is 0 Å². The van der Waals surface area contributed by atoms with Crippen molar-refractivity contribution < 1.29 is 24.0 Å². The number of imide groups is 1. The van der Waals surface area contributed by atoms with E-state index < -0.39 is 17.8 Å². The highest BCUT2D eigenvalue weighted by Crippen LogP contribution is 2.41. The third-order valence-corrected chi connectivity index (χ3v) is 7.36. The van der Waals surface area contributed by atoms with E-state index in [2.05, 4.69) is 10.3 Å². The van der Waals surface area contributed by atoms with E-state index in [9.17, 15) is 19.2 Å². The van der Waals surface area contributed by atoms with E-state index in [0.29, 0.717) is 24.4 Å². The lowest BCUT2D eigenvalue weighted by Gasteiger charge is -2.22. The average Bonchev–Trinajstić information content (AvgIpc) is 3.01. The van der Waals surface area contributed by atoms with E-state index in [-0.39, 0.29) is 29.9 Å². The zero-order chi connectivity index (χ0) is 22.0. The molecule has 0 bridgehead atoms. The van der Waals surface area contributed by atoms with Gasteiger partial charge in [0.2, 0.25) is 5.91 Å². The van der Waals surface area contributed by atoms with Gasteiger partial charge in [-0.25, -0.2) is 9.78 Å². The van der Waals surface area contributed by atoms with E-state index in [1.54, 1.807) is 27.8 Å². The number of carbonyl (C=O) groups excluding carboxylic acids is 4. The first kappa shape index (κ1) is 24.2. The van der Waals surface area contributed by atoms with Crippen LogP contribution in [-0.2, 0) is 24.0 Å². The summed E-state index contributed by atoms with van der Waals surface area (Å²) in [6, 6.07) is 5.73. The van der Waals surface area contributed by atoms with Gasteiger partial charge in [-0.1, -0.05) is 23.3 Å². The normalized spacial score (nSPS) is 14.1. The molecule has 2 heterocycles. The summed E-state index contributed by atoms with van der Waals surface area (Å²) < 4.78 is -0.236. The van der Waals surface area contributed by atoms with Gasteiger partial charge in [-0.05, 0) is 49.6 Å². The third kappa shape index (κ3) is 8.74. The quantitative estimate of drug-likeness (QED) is 0.292. The van der Waals surface area contributed by atoms with Crippen LogP contribution in [0.15, 0.2) is 29.4 Å². The van der Waals surface area contributed by atoms with Crippen LogP contribution in [0.5, 0.6) is 0 Å². The van der Waals surface area contributed by atoms with Gasteiger partial charge in [0.05, 0.1) is 0 Å². The number of unbranched alkanes of at least 4 members (excludes halogenated alkanes) is 2. The number of hydrogen-bond acceptors (Lipinski definition) is 8. The van der Waals surface area contributed by atoms with Crippen molar-refractivity contribution in [2.75, 3.05) is 6.54 Å². The number of nitrogens with one attached hydrogen (secondary N) is 1. The first-order valence-corrected chi connectivity index (χ1v) is 12.0. The number of hydroxylamine groups is 2. The maximum Gasteiger partial charge on any atom is 0.333 e. The van der Waals surface area contributed by atoms with Crippen LogP contribution in [0.1, 0.15) is 58.8 Å². The number of amides is 3. The van der Waals surface area contributed by atoms with Gasteiger partial charge >= 0.3 is 5.97 Å². The maximum atomic E-state index is 12.2. The number of nitrogens with zero attached hydrogens (tertiary/aromatic N) is 2. The van der Waals surface area contributed by atoms with Crippen LogP contribution in [0.2, 0.25) is 0 Å². The summed E-state index contributed by atoms with van der Waals surface area (Å²) in [5.74, 6) is -1.56. The molecule has 1 aliphatic heterocycles. The van der Waals surface area contributed by atoms with Crippen LogP contribution < -0.4 is 5.32 Å². The number of pyridine rings is 1. The number of rotatable bonds is 12. The van der Waals surface area contributed by atoms with Gasteiger partial charge in [0.25, 0.3) is 11.8 Å². The molecule has 0 aliphatic carbocycles. The van der Waals surface area contributed by atoms with Gasteiger partial charge in [-0.15, -0.1) is 5.06 Å². The number of aromatic nitrogens is 1. The summed E-state index contributed by atoms with van der Waals surface area (Å²) in [5.41, 5.74) is 0. The largest absolute Gasteiger partial charge is 0.356 e. The Kier molecular flexibility index (Phi) is 9.64. The standard InChI is InChI=1S/C20H27N3O5S2/c1-20(2,30-29-16-8-5-7-13-22-16)14-15(24)21-12-6-3-4-9-19(27)28-23-17(25)10-11-18(23)26/h5,7-8,13H,3-4,6,9-12,14H2,1-2H3,(H,21,24). The van der Waals surface area contributed by atoms with Crippen molar-refractivity contribution in [3.63, 3.8) is 0 Å². The highest BCUT2D eigenvalue weighted by atomic mass is 33.1. The molecule has 8 nitrogen and oxygen atoms in total. The van der Waals surface area contributed by atoms with Crippen molar-refractivity contribution in [1.82, 2.24) is 15.4 Å². The zero-order valence-electron chi connectivity index (χ0n) is 17.2. The second kappa shape index (κ2) is 11.9. The molecule has 0 atom stereocenters. The molecule has 0 radical (unpaired) electrons. The SMILES string of the molecule is CC(C)(CC(=O)NCCCCCC(=O)ON1C(=O)CCC1=O)SSc1ccccn1. The van der Waals surface area contributed by atoms with E-state index >= 15 is 0 Å². The van der Waals surface area contributed by atoms with Crippen LogP contribution >= 0.6 is 21.6 Å². The molecule has 1 N–H and O–H groups in total. The summed E-state index contributed by atoms with van der Waals surface area (Å²) >= 11 is 0. The molecule has 0 unspecified atom stereocenters. The molecule has 0 spiro atoms. The molecule has 3 amide bonds. The Labute approximate surface area is 184 Å². The minimum Gasteiger partial charge on any atom is -0.356 e. The molecule has 1 aliphatic rings. The van der Waals surface area contributed by atoms with Gasteiger partial charge in [-0.3, -0.25) is 14.4 Å². The molecule has 1 aromatic heterocycles. The lowest BCUT2D eigenvalue weighted by Crippen LogP contribution is -2.32. The Morgan fingerprint density at radius 1 is 1.17 bits per heavy atom. The van der Waals surface area contributed by atoms with Gasteiger partial charge in [0.15, 0.2) is 0 Å². The first-order valence-electron chi connectivity index (χ1n) is 9.87. The Bertz CT molecular complexity index is 742. The summed E-state index contributed by atoms with van der Waals surface area (Å²) in [5, 5.41) is 4.38. The summed E-state index contributed by atoms with van der Waals surface area (Å²) in [6.45, 7) is 4.58. The third-order valence-electron chi connectivity index (χ3n) is 4.16. The monoisotopic (exact) mass is 453 g/mol. The van der Waals surface area contributed by atoms with Crippen LogP contribution in [0, 0.1) is 0 Å². The van der Waals surface area contributed by atoms with E-state index in [1.165, 1.54) is 0 Å². The average molecular weight is 454 g/mol. The van der Waals surface area contributed by atoms with E-state index in [4.69, 9.17) is 4.84 Å². The Morgan fingerprint density at radius 3 is 2.57 bits per heavy atom. The fourth-order valence-electron chi connectivity index (χ4n) is 2.63. The predicted octanol–water partition coefficient (Wildman–Crippen LogP) is 3.27. The minimum absolute atomic E-state index is 0.0143. The molecule has 2 rings (SSSR count). The molecular weight excluding hydrogens is 426 g/mol. The second-order valence-corrected chi connectivity index (χ2v) is 10.3. The topological polar surface area (TPSA) is 106 Å². The second-order valence-electron chi connectivity index (χ2n) is 7.48. The molecule has 0 aromatic carbocycles. The molecule has 30 heavy (non-hydrogen) atoms. The highest BCUT2D eigenvalue weighted by molar-refractivity contribution is 8.77. The Hall–Kier alpha value is -2.07. The van der Waals surface area contributed by atoms with E-state index in [1.807, 2.05) is 32.0 Å². The molecular formula is C20H27N3O5S2. The van der Waals surface area contributed by atoms with Crippen molar-refractivity contribution in [1.29, 1.82) is 0 Å². The molecule has 1 fully saturated rings. The lowest BCUT2D eigenvalue weighted by molar-refractivity contribution is -0.197. The fourth-order valence-corrected chi connectivity index (χ4v) is 4.78. The minimum atomic E-state index is -0.591. The lowest BCUT2D eigenvalue weighted by atomic mass is 10.1. The van der Waals surface area contributed by atoms with E-state index in [0.717, 1.165) is 17.9 Å². The Morgan fingerprint density at radius 2 is 1.90 bits per heavy atom. The van der Waals surface area contributed by atoms with Crippen molar-refractivity contribution in [2.45, 2.75) is 68.6 Å². The molecule has 164 valence electrons. The summed E-state index contributed by atoms with van der Waals surface area (Å²) in [4.78, 5) is 55.7. The molecule has 1 saturated heterocycles. The molecule has 10 heteroatoms. The van der Waals surface area contributed by atoms with Crippen molar-refractivity contribution in [3.05, 3.63) is 24.4 Å². The smallest absolute Gasteiger partial charge is 0.333 e. The zero-order valence-corrected chi connectivity index (χ0v) is 18.9. The summed E-state index contributed by atoms with van der Waals surface area (Å²) in [7, 11) is 3.17. The van der Waals surface area contributed by atoms with Gasteiger partial charge in [-0.2, -0.15) is 0 Å². The maximum absolute atomic E-state index is 12.2. The van der Waals surface area contributed by atoms with Gasteiger partial charge in [0.1, 0.15) is 5.03 Å². The summed E-state index contributed by atoms with van der Waals surface area (Å²) in [6.07, 6.45) is 4.45. The number of hydrogen-bond donors (Lipinski definition) is 1. The highest BCUT2D eigenvalue weighted by Gasteiger charge is 2.32. The van der Waals surface area contributed by atoms with Crippen LogP contribution in [-0.4, -0.2) is 45.0 Å². The van der Waals surface area contributed by atoms with Crippen LogP contribution in [0.4, 0.5) is 0 Å². The van der Waals surface area contributed by atoms with Crippen molar-refractivity contribution >= 4 is 45.3 Å². The number of carbonyl (C=O) groups is 4.